The minimum absolute atomic E-state index is 0.175. The van der Waals surface area contributed by atoms with Gasteiger partial charge in [0, 0.05) is 0 Å². The standard InChI is InChI=1S/C20H24N2O6S/c1-5-18(19(23)21-17-9-7-6-8-16(17)20(24)28-3)22(29(4,25)26)14-10-12-15(27-2)13-11-14/h6-13,18H,5H2,1-4H3,(H,21,23). The number of carbonyl (C=O) groups excluding carboxylic acids is 2. The van der Waals surface area contributed by atoms with E-state index in [1.54, 1.807) is 49.4 Å². The average molecular weight is 420 g/mol. The van der Waals surface area contributed by atoms with E-state index in [1.165, 1.54) is 20.3 Å². The van der Waals surface area contributed by atoms with Gasteiger partial charge in [-0.2, -0.15) is 0 Å². The molecule has 1 unspecified atom stereocenters. The van der Waals surface area contributed by atoms with Gasteiger partial charge >= 0.3 is 5.97 Å². The molecule has 0 saturated heterocycles. The van der Waals surface area contributed by atoms with Crippen LogP contribution in [0.25, 0.3) is 0 Å². The largest absolute Gasteiger partial charge is 0.497 e. The quantitative estimate of drug-likeness (QED) is 0.659. The molecule has 8 nitrogen and oxygen atoms in total. The summed E-state index contributed by atoms with van der Waals surface area (Å²) >= 11 is 0. The van der Waals surface area contributed by atoms with E-state index in [1.807, 2.05) is 0 Å². The molecule has 2 aromatic rings. The van der Waals surface area contributed by atoms with Gasteiger partial charge in [0.15, 0.2) is 0 Å². The number of para-hydroxylation sites is 1. The first kappa shape index (κ1) is 22.2. The molecule has 0 bridgehead atoms. The molecule has 0 aliphatic heterocycles. The van der Waals surface area contributed by atoms with Crippen LogP contribution in [0, 0.1) is 0 Å². The summed E-state index contributed by atoms with van der Waals surface area (Å²) in [5.41, 5.74) is 0.746. The Morgan fingerprint density at radius 3 is 2.21 bits per heavy atom. The number of anilines is 2. The third-order valence-corrected chi connectivity index (χ3v) is 5.43. The number of ether oxygens (including phenoxy) is 2. The van der Waals surface area contributed by atoms with Gasteiger partial charge in [-0.3, -0.25) is 9.10 Å². The maximum atomic E-state index is 13.0. The third-order valence-electron chi connectivity index (χ3n) is 4.25. The van der Waals surface area contributed by atoms with Gasteiger partial charge in [0.1, 0.15) is 11.8 Å². The maximum absolute atomic E-state index is 13.0. The van der Waals surface area contributed by atoms with Crippen molar-refractivity contribution in [2.24, 2.45) is 0 Å². The van der Waals surface area contributed by atoms with Crippen molar-refractivity contribution >= 4 is 33.3 Å². The molecule has 0 spiro atoms. The van der Waals surface area contributed by atoms with Crippen molar-refractivity contribution in [3.63, 3.8) is 0 Å². The zero-order valence-electron chi connectivity index (χ0n) is 16.7. The molecule has 9 heteroatoms. The molecule has 2 aromatic carbocycles. The van der Waals surface area contributed by atoms with Crippen LogP contribution in [0.4, 0.5) is 11.4 Å². The monoisotopic (exact) mass is 420 g/mol. The summed E-state index contributed by atoms with van der Waals surface area (Å²) in [6, 6.07) is 11.7. The Labute approximate surface area is 170 Å². The van der Waals surface area contributed by atoms with Gasteiger partial charge in [0.25, 0.3) is 0 Å². The van der Waals surface area contributed by atoms with Crippen LogP contribution in [-0.4, -0.2) is 46.8 Å². The van der Waals surface area contributed by atoms with Crippen LogP contribution in [0.5, 0.6) is 5.75 Å². The molecule has 0 aliphatic rings. The zero-order chi connectivity index (χ0) is 21.6. The van der Waals surface area contributed by atoms with E-state index in [4.69, 9.17) is 9.47 Å². The van der Waals surface area contributed by atoms with Crippen LogP contribution in [-0.2, 0) is 19.6 Å². The van der Waals surface area contributed by atoms with Gasteiger partial charge in [0.05, 0.1) is 37.4 Å². The predicted molar refractivity (Wildman–Crippen MR) is 111 cm³/mol. The van der Waals surface area contributed by atoms with Gasteiger partial charge in [0.2, 0.25) is 15.9 Å². The number of carbonyl (C=O) groups is 2. The lowest BCUT2D eigenvalue weighted by Crippen LogP contribution is -2.47. The van der Waals surface area contributed by atoms with E-state index in [9.17, 15) is 18.0 Å². The molecule has 156 valence electrons. The Bertz CT molecular complexity index is 973. The molecule has 0 saturated carbocycles. The van der Waals surface area contributed by atoms with Crippen LogP contribution in [0.1, 0.15) is 23.7 Å². The summed E-state index contributed by atoms with van der Waals surface area (Å²) in [6.45, 7) is 1.71. The van der Waals surface area contributed by atoms with E-state index < -0.39 is 27.9 Å². The fraction of sp³-hybridized carbons (Fsp3) is 0.300. The number of nitrogens with zero attached hydrogens (tertiary/aromatic N) is 1. The molecule has 0 heterocycles. The Morgan fingerprint density at radius 1 is 1.07 bits per heavy atom. The normalized spacial score (nSPS) is 12.0. The van der Waals surface area contributed by atoms with Crippen molar-refractivity contribution < 1.29 is 27.5 Å². The van der Waals surface area contributed by atoms with Gasteiger partial charge < -0.3 is 14.8 Å². The minimum atomic E-state index is -3.78. The van der Waals surface area contributed by atoms with Crippen LogP contribution in [0.2, 0.25) is 0 Å². The number of rotatable bonds is 8. The van der Waals surface area contributed by atoms with Gasteiger partial charge in [-0.25, -0.2) is 13.2 Å². The number of nitrogens with one attached hydrogen (secondary N) is 1. The molecule has 0 radical (unpaired) electrons. The van der Waals surface area contributed by atoms with Crippen molar-refractivity contribution in [1.82, 2.24) is 0 Å². The Hall–Kier alpha value is -3.07. The van der Waals surface area contributed by atoms with Crippen LogP contribution in [0.3, 0.4) is 0 Å². The molecule has 1 amide bonds. The first-order valence-corrected chi connectivity index (χ1v) is 10.7. The molecule has 0 aliphatic carbocycles. The molecule has 2 rings (SSSR count). The molecule has 1 N–H and O–H groups in total. The summed E-state index contributed by atoms with van der Waals surface area (Å²) in [5.74, 6) is -0.610. The number of amides is 1. The van der Waals surface area contributed by atoms with E-state index in [2.05, 4.69) is 5.32 Å². The molecule has 0 fully saturated rings. The Balaban J connectivity index is 2.40. The molecular formula is C20H24N2O6S. The van der Waals surface area contributed by atoms with Crippen LogP contribution >= 0.6 is 0 Å². The second-order valence-corrected chi connectivity index (χ2v) is 8.07. The molecular weight excluding hydrogens is 396 g/mol. The van der Waals surface area contributed by atoms with E-state index in [0.29, 0.717) is 11.4 Å². The SMILES string of the molecule is CCC(C(=O)Nc1ccccc1C(=O)OC)N(c1ccc(OC)cc1)S(C)(=O)=O. The highest BCUT2D eigenvalue weighted by Gasteiger charge is 2.32. The van der Waals surface area contributed by atoms with Gasteiger partial charge in [-0.15, -0.1) is 0 Å². The Morgan fingerprint density at radius 2 is 1.69 bits per heavy atom. The average Bonchev–Trinajstić information content (AvgIpc) is 2.70. The van der Waals surface area contributed by atoms with Gasteiger partial charge in [-0.1, -0.05) is 19.1 Å². The zero-order valence-corrected chi connectivity index (χ0v) is 17.5. The number of esters is 1. The molecule has 29 heavy (non-hydrogen) atoms. The minimum Gasteiger partial charge on any atom is -0.497 e. The lowest BCUT2D eigenvalue weighted by molar-refractivity contribution is -0.117. The summed E-state index contributed by atoms with van der Waals surface area (Å²) in [6.07, 6.45) is 1.25. The van der Waals surface area contributed by atoms with E-state index >= 15 is 0 Å². The lowest BCUT2D eigenvalue weighted by Gasteiger charge is -2.30. The third kappa shape index (κ3) is 5.26. The highest BCUT2D eigenvalue weighted by Crippen LogP contribution is 2.26. The Kier molecular flexibility index (Phi) is 7.22. The number of sulfonamides is 1. The van der Waals surface area contributed by atoms with E-state index in [0.717, 1.165) is 10.6 Å². The molecule has 0 aromatic heterocycles. The van der Waals surface area contributed by atoms with E-state index in [-0.39, 0.29) is 17.7 Å². The number of hydrogen-bond donors (Lipinski definition) is 1. The second kappa shape index (κ2) is 9.42. The summed E-state index contributed by atoms with van der Waals surface area (Å²) in [7, 11) is -1.03. The first-order valence-electron chi connectivity index (χ1n) is 8.84. The highest BCUT2D eigenvalue weighted by molar-refractivity contribution is 7.92. The number of hydrogen-bond acceptors (Lipinski definition) is 6. The lowest BCUT2D eigenvalue weighted by atomic mass is 10.1. The summed E-state index contributed by atoms with van der Waals surface area (Å²) < 4.78 is 35.9. The second-order valence-electron chi connectivity index (χ2n) is 6.21. The fourth-order valence-corrected chi connectivity index (χ4v) is 4.10. The fourth-order valence-electron chi connectivity index (χ4n) is 2.89. The predicted octanol–water partition coefficient (Wildman–Crippen LogP) is 2.67. The van der Waals surface area contributed by atoms with Crippen molar-refractivity contribution in [1.29, 1.82) is 0 Å². The molecule has 1 atom stereocenters. The topological polar surface area (TPSA) is 102 Å². The first-order chi connectivity index (χ1) is 13.7. The van der Waals surface area contributed by atoms with Crippen LogP contribution < -0.4 is 14.4 Å². The van der Waals surface area contributed by atoms with Crippen molar-refractivity contribution in [2.75, 3.05) is 30.1 Å². The van der Waals surface area contributed by atoms with Crippen LogP contribution in [0.15, 0.2) is 48.5 Å². The van der Waals surface area contributed by atoms with Crippen molar-refractivity contribution in [3.8, 4) is 5.75 Å². The number of benzene rings is 2. The summed E-state index contributed by atoms with van der Waals surface area (Å²) in [5, 5.41) is 2.65. The highest BCUT2D eigenvalue weighted by atomic mass is 32.2. The smallest absolute Gasteiger partial charge is 0.339 e. The van der Waals surface area contributed by atoms with Gasteiger partial charge in [-0.05, 0) is 42.8 Å². The summed E-state index contributed by atoms with van der Waals surface area (Å²) in [4.78, 5) is 24.9. The maximum Gasteiger partial charge on any atom is 0.339 e. The number of methoxy groups -OCH3 is 2. The van der Waals surface area contributed by atoms with Crippen molar-refractivity contribution in [3.05, 3.63) is 54.1 Å². The van der Waals surface area contributed by atoms with Crippen molar-refractivity contribution in [2.45, 2.75) is 19.4 Å².